The van der Waals surface area contributed by atoms with E-state index in [-0.39, 0.29) is 36.2 Å². The largest absolute Gasteiger partial charge is 0.349 e. The van der Waals surface area contributed by atoms with Crippen LogP contribution in [0.15, 0.2) is 24.3 Å². The van der Waals surface area contributed by atoms with Gasteiger partial charge in [-0.2, -0.15) is 0 Å². The maximum absolute atomic E-state index is 12.4. The number of amides is 2. The summed E-state index contributed by atoms with van der Waals surface area (Å²) in [5.41, 5.74) is 7.03. The van der Waals surface area contributed by atoms with Crippen molar-refractivity contribution in [1.82, 2.24) is 5.32 Å². The van der Waals surface area contributed by atoms with Crippen molar-refractivity contribution >= 4 is 29.9 Å². The van der Waals surface area contributed by atoms with Crippen LogP contribution in [-0.4, -0.2) is 24.4 Å². The number of halogens is 1. The van der Waals surface area contributed by atoms with Crippen LogP contribution < -0.4 is 16.4 Å². The molecule has 0 radical (unpaired) electrons. The van der Waals surface area contributed by atoms with E-state index < -0.39 is 0 Å². The van der Waals surface area contributed by atoms with E-state index in [2.05, 4.69) is 17.6 Å². The van der Waals surface area contributed by atoms with Crippen molar-refractivity contribution in [3.63, 3.8) is 0 Å². The third kappa shape index (κ3) is 4.28. The van der Waals surface area contributed by atoms with Gasteiger partial charge >= 0.3 is 0 Å². The summed E-state index contributed by atoms with van der Waals surface area (Å²) in [5.74, 6) is 0.923. The fourth-order valence-electron chi connectivity index (χ4n) is 3.42. The predicted octanol–water partition coefficient (Wildman–Crippen LogP) is 2.56. The highest BCUT2D eigenvalue weighted by Gasteiger charge is 2.39. The molecular weight excluding hydrogens is 326 g/mol. The highest BCUT2D eigenvalue weighted by molar-refractivity contribution is 5.98. The van der Waals surface area contributed by atoms with E-state index in [9.17, 15) is 9.59 Å². The number of anilines is 1. The summed E-state index contributed by atoms with van der Waals surface area (Å²) in [5, 5.41) is 5.99. The number of nitrogens with two attached hydrogens (primary N) is 1. The molecular formula is C18H26ClN3O2. The van der Waals surface area contributed by atoms with Gasteiger partial charge in [-0.25, -0.2) is 0 Å². The number of carbonyl (C=O) groups is 2. The zero-order valence-electron chi connectivity index (χ0n) is 14.0. The maximum atomic E-state index is 12.4. The van der Waals surface area contributed by atoms with Crippen molar-refractivity contribution in [2.75, 3.05) is 11.9 Å². The molecule has 0 bridgehead atoms. The van der Waals surface area contributed by atoms with E-state index >= 15 is 0 Å². The highest BCUT2D eigenvalue weighted by atomic mass is 35.5. The van der Waals surface area contributed by atoms with Crippen molar-refractivity contribution in [2.24, 2.45) is 23.5 Å². The number of rotatable bonds is 5. The molecule has 2 aliphatic rings. The monoisotopic (exact) mass is 351 g/mol. The lowest BCUT2D eigenvalue weighted by atomic mass is 10.0. The zero-order chi connectivity index (χ0) is 16.4. The van der Waals surface area contributed by atoms with Gasteiger partial charge in [-0.15, -0.1) is 12.4 Å². The maximum Gasteiger partial charge on any atom is 0.251 e. The first-order chi connectivity index (χ1) is 11.1. The van der Waals surface area contributed by atoms with Gasteiger partial charge in [-0.3, -0.25) is 9.59 Å². The van der Waals surface area contributed by atoms with Crippen molar-refractivity contribution in [3.05, 3.63) is 29.8 Å². The van der Waals surface area contributed by atoms with Crippen LogP contribution >= 0.6 is 12.4 Å². The number of hydrogen-bond donors (Lipinski definition) is 3. The summed E-state index contributed by atoms with van der Waals surface area (Å²) < 4.78 is 0. The number of benzene rings is 1. The van der Waals surface area contributed by atoms with Crippen molar-refractivity contribution < 1.29 is 9.59 Å². The smallest absolute Gasteiger partial charge is 0.251 e. The summed E-state index contributed by atoms with van der Waals surface area (Å²) in [4.78, 5) is 24.4. The van der Waals surface area contributed by atoms with E-state index in [1.165, 1.54) is 0 Å². The van der Waals surface area contributed by atoms with Gasteiger partial charge in [0.1, 0.15) is 0 Å². The van der Waals surface area contributed by atoms with Gasteiger partial charge < -0.3 is 16.4 Å². The van der Waals surface area contributed by atoms with Crippen LogP contribution in [0.1, 0.15) is 43.0 Å². The summed E-state index contributed by atoms with van der Waals surface area (Å²) >= 11 is 0. The SMILES string of the molecule is CC1CC1C(=O)Nc1cccc(C(=O)NC2CCCC2CN)c1.Cl. The van der Waals surface area contributed by atoms with Crippen LogP contribution in [0.3, 0.4) is 0 Å². The van der Waals surface area contributed by atoms with Crippen LogP contribution in [0.2, 0.25) is 0 Å². The molecule has 0 spiro atoms. The number of hydrogen-bond acceptors (Lipinski definition) is 3. The van der Waals surface area contributed by atoms with Gasteiger partial charge in [-0.1, -0.05) is 19.4 Å². The summed E-state index contributed by atoms with van der Waals surface area (Å²) in [6.45, 7) is 2.68. The molecule has 3 rings (SSSR count). The lowest BCUT2D eigenvalue weighted by Crippen LogP contribution is -2.39. The quantitative estimate of drug-likeness (QED) is 0.762. The molecule has 2 fully saturated rings. The Morgan fingerprint density at radius 1 is 1.29 bits per heavy atom. The van der Waals surface area contributed by atoms with Gasteiger partial charge in [0, 0.05) is 23.2 Å². The predicted molar refractivity (Wildman–Crippen MR) is 97.2 cm³/mol. The Bertz CT molecular complexity index is 608. The van der Waals surface area contributed by atoms with Crippen LogP contribution in [0, 0.1) is 17.8 Å². The molecule has 0 saturated heterocycles. The van der Waals surface area contributed by atoms with Gasteiger partial charge in [0.15, 0.2) is 0 Å². The second-order valence-electron chi connectivity index (χ2n) is 6.90. The van der Waals surface area contributed by atoms with Crippen molar-refractivity contribution in [3.8, 4) is 0 Å². The minimum atomic E-state index is -0.0914. The summed E-state index contributed by atoms with van der Waals surface area (Å²) in [7, 11) is 0. The normalized spacial score (nSPS) is 27.9. The first-order valence-corrected chi connectivity index (χ1v) is 8.50. The topological polar surface area (TPSA) is 84.2 Å². The lowest BCUT2D eigenvalue weighted by molar-refractivity contribution is -0.117. The number of nitrogens with one attached hydrogen (secondary N) is 2. The molecule has 4 N–H and O–H groups in total. The van der Waals surface area contributed by atoms with Gasteiger partial charge in [0.05, 0.1) is 0 Å². The summed E-state index contributed by atoms with van der Waals surface area (Å²) in [6, 6.07) is 7.30. The van der Waals surface area contributed by atoms with E-state index in [0.717, 1.165) is 25.7 Å². The molecule has 0 aromatic heterocycles. The molecule has 4 unspecified atom stereocenters. The third-order valence-electron chi connectivity index (χ3n) is 5.12. The highest BCUT2D eigenvalue weighted by Crippen LogP contribution is 2.38. The van der Waals surface area contributed by atoms with Crippen LogP contribution in [0.5, 0.6) is 0 Å². The molecule has 0 aliphatic heterocycles. The molecule has 24 heavy (non-hydrogen) atoms. The molecule has 1 aromatic rings. The molecule has 1 aromatic carbocycles. The van der Waals surface area contributed by atoms with E-state index in [4.69, 9.17) is 5.73 Å². The van der Waals surface area contributed by atoms with E-state index in [0.29, 0.717) is 29.6 Å². The second kappa shape index (κ2) is 7.99. The van der Waals surface area contributed by atoms with Gasteiger partial charge in [0.25, 0.3) is 5.91 Å². The van der Waals surface area contributed by atoms with Crippen LogP contribution in [0.4, 0.5) is 5.69 Å². The average Bonchev–Trinajstić information content (AvgIpc) is 3.11. The van der Waals surface area contributed by atoms with E-state index in [1.54, 1.807) is 18.2 Å². The lowest BCUT2D eigenvalue weighted by Gasteiger charge is -2.19. The first kappa shape index (κ1) is 18.7. The second-order valence-corrected chi connectivity index (χ2v) is 6.90. The molecule has 6 heteroatoms. The van der Waals surface area contributed by atoms with Crippen molar-refractivity contribution in [2.45, 2.75) is 38.6 Å². The number of carbonyl (C=O) groups excluding carboxylic acids is 2. The molecule has 2 amide bonds. The Labute approximate surface area is 149 Å². The Morgan fingerprint density at radius 2 is 2.04 bits per heavy atom. The fourth-order valence-corrected chi connectivity index (χ4v) is 3.42. The summed E-state index contributed by atoms with van der Waals surface area (Å²) in [6.07, 6.45) is 4.14. The first-order valence-electron chi connectivity index (χ1n) is 8.50. The minimum absolute atomic E-state index is 0. The van der Waals surface area contributed by atoms with Crippen LogP contribution in [0.25, 0.3) is 0 Å². The third-order valence-corrected chi connectivity index (χ3v) is 5.12. The van der Waals surface area contributed by atoms with Crippen molar-refractivity contribution in [1.29, 1.82) is 0 Å². The Hall–Kier alpha value is -1.59. The Morgan fingerprint density at radius 3 is 2.71 bits per heavy atom. The average molecular weight is 352 g/mol. The molecule has 132 valence electrons. The fraction of sp³-hybridized carbons (Fsp3) is 0.556. The molecule has 5 nitrogen and oxygen atoms in total. The Kier molecular flexibility index (Phi) is 6.24. The van der Waals surface area contributed by atoms with E-state index in [1.807, 2.05) is 6.07 Å². The standard InChI is InChI=1S/C18H25N3O2.ClH/c1-11-8-15(11)18(23)20-14-6-2-4-12(9-14)17(22)21-16-7-3-5-13(16)10-19;/h2,4,6,9,11,13,15-16H,3,5,7-8,10,19H2,1H3,(H,20,23)(H,21,22);1H. The minimum Gasteiger partial charge on any atom is -0.349 e. The van der Waals surface area contributed by atoms with Crippen LogP contribution in [-0.2, 0) is 4.79 Å². The van der Waals surface area contributed by atoms with Gasteiger partial charge in [-0.05, 0) is 55.8 Å². The molecule has 2 saturated carbocycles. The molecule has 2 aliphatic carbocycles. The Balaban J connectivity index is 0.00000208. The molecule has 0 heterocycles. The molecule has 4 atom stereocenters. The van der Waals surface area contributed by atoms with Gasteiger partial charge in [0.2, 0.25) is 5.91 Å². The zero-order valence-corrected chi connectivity index (χ0v) is 14.8.